The molecule has 0 radical (unpaired) electrons. The molecular weight excluding hydrogens is 216 g/mol. The van der Waals surface area contributed by atoms with Gasteiger partial charge in [-0.1, -0.05) is 0 Å². The number of nitrogens with zero attached hydrogens (tertiary/aromatic N) is 1. The SMILES string of the molecule is CS(=O)(=O)c1n[nH]c2ccc(C=O)cc12. The third kappa shape index (κ3) is 1.63. The van der Waals surface area contributed by atoms with Gasteiger partial charge in [-0.15, -0.1) is 0 Å². The highest BCUT2D eigenvalue weighted by Crippen LogP contribution is 2.20. The summed E-state index contributed by atoms with van der Waals surface area (Å²) in [5, 5.41) is 6.73. The van der Waals surface area contributed by atoms with Crippen molar-refractivity contribution in [3.05, 3.63) is 23.8 Å². The van der Waals surface area contributed by atoms with Gasteiger partial charge in [-0.3, -0.25) is 9.89 Å². The normalized spacial score (nSPS) is 11.8. The molecule has 78 valence electrons. The minimum Gasteiger partial charge on any atom is -0.298 e. The number of benzene rings is 1. The van der Waals surface area contributed by atoms with E-state index >= 15 is 0 Å². The summed E-state index contributed by atoms with van der Waals surface area (Å²) in [6.45, 7) is 0. The van der Waals surface area contributed by atoms with E-state index in [9.17, 15) is 13.2 Å². The van der Waals surface area contributed by atoms with Gasteiger partial charge in [0.05, 0.1) is 5.52 Å². The predicted molar refractivity (Wildman–Crippen MR) is 54.6 cm³/mol. The Morgan fingerprint density at radius 2 is 2.13 bits per heavy atom. The van der Waals surface area contributed by atoms with E-state index in [1.54, 1.807) is 12.1 Å². The number of carbonyl (C=O) groups is 1. The molecule has 1 aromatic carbocycles. The van der Waals surface area contributed by atoms with Crippen LogP contribution in [0.4, 0.5) is 0 Å². The van der Waals surface area contributed by atoms with Gasteiger partial charge in [0.15, 0.2) is 14.9 Å². The average Bonchev–Trinajstić information content (AvgIpc) is 2.59. The molecule has 0 saturated carbocycles. The van der Waals surface area contributed by atoms with E-state index in [0.29, 0.717) is 22.8 Å². The highest BCUT2D eigenvalue weighted by Gasteiger charge is 2.15. The lowest BCUT2D eigenvalue weighted by atomic mass is 10.2. The van der Waals surface area contributed by atoms with Gasteiger partial charge >= 0.3 is 0 Å². The molecule has 0 saturated heterocycles. The van der Waals surface area contributed by atoms with Gasteiger partial charge in [-0.2, -0.15) is 5.10 Å². The molecule has 1 N–H and O–H groups in total. The van der Waals surface area contributed by atoms with Gasteiger partial charge in [0.25, 0.3) is 0 Å². The summed E-state index contributed by atoms with van der Waals surface area (Å²) in [6.07, 6.45) is 1.74. The maximum Gasteiger partial charge on any atom is 0.195 e. The molecule has 2 aromatic rings. The Bertz CT molecular complexity index is 628. The van der Waals surface area contributed by atoms with E-state index in [2.05, 4.69) is 10.2 Å². The minimum atomic E-state index is -3.37. The lowest BCUT2D eigenvalue weighted by molar-refractivity contribution is 0.112. The number of nitrogens with one attached hydrogen (secondary N) is 1. The summed E-state index contributed by atoms with van der Waals surface area (Å²) in [7, 11) is -3.37. The maximum atomic E-state index is 11.3. The van der Waals surface area contributed by atoms with Gasteiger partial charge < -0.3 is 0 Å². The number of sulfone groups is 1. The number of fused-ring (bicyclic) bond motifs is 1. The van der Waals surface area contributed by atoms with Crippen molar-refractivity contribution in [2.45, 2.75) is 5.03 Å². The van der Waals surface area contributed by atoms with Crippen LogP contribution in [0.5, 0.6) is 0 Å². The van der Waals surface area contributed by atoms with Crippen LogP contribution in [0.15, 0.2) is 23.2 Å². The number of hydrogen-bond donors (Lipinski definition) is 1. The second-order valence-electron chi connectivity index (χ2n) is 3.22. The van der Waals surface area contributed by atoms with Crippen LogP contribution < -0.4 is 0 Å². The molecule has 1 aromatic heterocycles. The summed E-state index contributed by atoms with van der Waals surface area (Å²) in [4.78, 5) is 10.6. The van der Waals surface area contributed by atoms with E-state index < -0.39 is 9.84 Å². The van der Waals surface area contributed by atoms with Crippen LogP contribution in [0.3, 0.4) is 0 Å². The Balaban J connectivity index is 2.83. The third-order valence-electron chi connectivity index (χ3n) is 2.04. The van der Waals surface area contributed by atoms with Crippen LogP contribution >= 0.6 is 0 Å². The first-order valence-electron chi connectivity index (χ1n) is 4.16. The maximum absolute atomic E-state index is 11.3. The third-order valence-corrected chi connectivity index (χ3v) is 3.05. The van der Waals surface area contributed by atoms with E-state index in [4.69, 9.17) is 0 Å². The molecule has 0 atom stereocenters. The van der Waals surface area contributed by atoms with Crippen molar-refractivity contribution in [3.63, 3.8) is 0 Å². The van der Waals surface area contributed by atoms with Crippen molar-refractivity contribution in [2.24, 2.45) is 0 Å². The molecule has 0 aliphatic heterocycles. The smallest absolute Gasteiger partial charge is 0.195 e. The summed E-state index contributed by atoms with van der Waals surface area (Å²) in [6, 6.07) is 4.72. The predicted octanol–water partition coefficient (Wildman–Crippen LogP) is 0.779. The molecule has 1 heterocycles. The van der Waals surface area contributed by atoms with E-state index in [1.807, 2.05) is 0 Å². The lowest BCUT2D eigenvalue weighted by Crippen LogP contribution is -1.97. The molecule has 6 heteroatoms. The molecule has 0 fully saturated rings. The molecule has 0 amide bonds. The average molecular weight is 224 g/mol. The Morgan fingerprint density at radius 3 is 2.73 bits per heavy atom. The van der Waals surface area contributed by atoms with Gasteiger partial charge in [-0.05, 0) is 18.2 Å². The van der Waals surface area contributed by atoms with Gasteiger partial charge in [0.2, 0.25) is 0 Å². The molecule has 2 rings (SSSR count). The van der Waals surface area contributed by atoms with Gasteiger partial charge in [0, 0.05) is 17.2 Å². The van der Waals surface area contributed by atoms with E-state index in [0.717, 1.165) is 6.26 Å². The van der Waals surface area contributed by atoms with E-state index in [1.165, 1.54) is 6.07 Å². The van der Waals surface area contributed by atoms with Crippen molar-refractivity contribution in [1.82, 2.24) is 10.2 Å². The summed E-state index contributed by atoms with van der Waals surface area (Å²) in [5.41, 5.74) is 1.02. The molecule has 5 nitrogen and oxygen atoms in total. The number of hydrogen-bond acceptors (Lipinski definition) is 4. The molecular formula is C9H8N2O3S. The quantitative estimate of drug-likeness (QED) is 0.764. The Morgan fingerprint density at radius 1 is 1.40 bits per heavy atom. The fourth-order valence-corrected chi connectivity index (χ4v) is 2.14. The number of aromatic nitrogens is 2. The van der Waals surface area contributed by atoms with Crippen LogP contribution in [-0.2, 0) is 9.84 Å². The van der Waals surface area contributed by atoms with Crippen LogP contribution in [0.25, 0.3) is 10.9 Å². The van der Waals surface area contributed by atoms with Gasteiger partial charge in [0.1, 0.15) is 6.29 Å². The first-order valence-corrected chi connectivity index (χ1v) is 6.05. The molecule has 0 aliphatic carbocycles. The monoisotopic (exact) mass is 224 g/mol. The van der Waals surface area contributed by atoms with Crippen molar-refractivity contribution in [3.8, 4) is 0 Å². The number of carbonyl (C=O) groups excluding carboxylic acids is 1. The summed E-state index contributed by atoms with van der Waals surface area (Å²) >= 11 is 0. The molecule has 0 aliphatic rings. The zero-order chi connectivity index (χ0) is 11.1. The summed E-state index contributed by atoms with van der Waals surface area (Å²) < 4.78 is 22.7. The number of H-pyrrole nitrogens is 1. The second kappa shape index (κ2) is 3.16. The van der Waals surface area contributed by atoms with Crippen LogP contribution in [-0.4, -0.2) is 31.2 Å². The van der Waals surface area contributed by atoms with Crippen molar-refractivity contribution in [2.75, 3.05) is 6.26 Å². The second-order valence-corrected chi connectivity index (χ2v) is 5.15. The fourth-order valence-electron chi connectivity index (χ4n) is 1.36. The topological polar surface area (TPSA) is 79.9 Å². The molecule has 0 spiro atoms. The number of aldehydes is 1. The van der Waals surface area contributed by atoms with Gasteiger partial charge in [-0.25, -0.2) is 8.42 Å². The standard InChI is InChI=1S/C9H8N2O3S/c1-15(13,14)9-7-4-6(5-12)2-3-8(7)10-11-9/h2-5H,1H3,(H,10,11). The Labute approximate surface area is 86.0 Å². The molecule has 15 heavy (non-hydrogen) atoms. The minimum absolute atomic E-state index is 0.0267. The van der Waals surface area contributed by atoms with Crippen LogP contribution in [0.2, 0.25) is 0 Å². The first kappa shape index (κ1) is 9.85. The van der Waals surface area contributed by atoms with Crippen molar-refractivity contribution in [1.29, 1.82) is 0 Å². The van der Waals surface area contributed by atoms with Crippen LogP contribution in [0.1, 0.15) is 10.4 Å². The Hall–Kier alpha value is -1.69. The highest BCUT2D eigenvalue weighted by atomic mass is 32.2. The van der Waals surface area contributed by atoms with Crippen molar-refractivity contribution >= 4 is 27.0 Å². The lowest BCUT2D eigenvalue weighted by Gasteiger charge is -1.94. The Kier molecular flexibility index (Phi) is 2.08. The first-order chi connectivity index (χ1) is 7.02. The largest absolute Gasteiger partial charge is 0.298 e. The molecule has 0 bridgehead atoms. The fraction of sp³-hybridized carbons (Fsp3) is 0.111. The zero-order valence-corrected chi connectivity index (χ0v) is 8.71. The number of aromatic amines is 1. The van der Waals surface area contributed by atoms with Crippen LogP contribution in [0, 0.1) is 0 Å². The molecule has 0 unspecified atom stereocenters. The highest BCUT2D eigenvalue weighted by molar-refractivity contribution is 7.90. The van der Waals surface area contributed by atoms with E-state index in [-0.39, 0.29) is 5.03 Å². The van der Waals surface area contributed by atoms with Crippen molar-refractivity contribution < 1.29 is 13.2 Å². The summed E-state index contributed by atoms with van der Waals surface area (Å²) in [5.74, 6) is 0. The number of rotatable bonds is 2. The zero-order valence-electron chi connectivity index (χ0n) is 7.89.